The van der Waals surface area contributed by atoms with Crippen molar-refractivity contribution in [3.8, 4) is 0 Å². The first-order valence-corrected chi connectivity index (χ1v) is 11.7. The first-order valence-electron chi connectivity index (χ1n) is 9.86. The fourth-order valence-corrected chi connectivity index (χ4v) is 5.56. The SMILES string of the molecule is CS(=O)(=O)C1(C(=O)NCC2CCN(CCc3ccccc3)C2)CCNCC1. The zero-order chi connectivity index (χ0) is 19.3. The van der Waals surface area contributed by atoms with Crippen LogP contribution in [-0.2, 0) is 21.1 Å². The van der Waals surface area contributed by atoms with Gasteiger partial charge < -0.3 is 15.5 Å². The molecule has 1 unspecified atom stereocenters. The summed E-state index contributed by atoms with van der Waals surface area (Å²) < 4.78 is 23.4. The topological polar surface area (TPSA) is 78.5 Å². The van der Waals surface area contributed by atoms with Gasteiger partial charge in [-0.25, -0.2) is 8.42 Å². The molecule has 0 radical (unpaired) electrons. The average molecular weight is 394 g/mol. The Labute approximate surface area is 162 Å². The smallest absolute Gasteiger partial charge is 0.241 e. The van der Waals surface area contributed by atoms with Crippen LogP contribution < -0.4 is 10.6 Å². The summed E-state index contributed by atoms with van der Waals surface area (Å²) in [6.45, 7) is 4.71. The van der Waals surface area contributed by atoms with Crippen molar-refractivity contribution >= 4 is 15.7 Å². The number of likely N-dealkylation sites (tertiary alicyclic amines) is 1. The molecular formula is C20H31N3O3S. The number of rotatable bonds is 7. The third kappa shape index (κ3) is 4.89. The number of carbonyl (C=O) groups is 1. The van der Waals surface area contributed by atoms with Crippen molar-refractivity contribution in [3.63, 3.8) is 0 Å². The Morgan fingerprint density at radius 3 is 2.63 bits per heavy atom. The summed E-state index contributed by atoms with van der Waals surface area (Å²) in [6, 6.07) is 10.5. The first kappa shape index (κ1) is 20.3. The van der Waals surface area contributed by atoms with Crippen molar-refractivity contribution in [2.24, 2.45) is 5.92 Å². The number of carbonyl (C=O) groups excluding carboxylic acids is 1. The molecule has 2 aliphatic heterocycles. The highest BCUT2D eigenvalue weighted by molar-refractivity contribution is 7.92. The van der Waals surface area contributed by atoms with E-state index in [2.05, 4.69) is 39.8 Å². The molecule has 0 spiro atoms. The standard InChI is InChI=1S/C20H31N3O3S/c1-27(25,26)20(9-11-21-12-10-20)19(24)22-15-18-8-14-23(16-18)13-7-17-5-3-2-4-6-17/h2-6,18,21H,7-16H2,1H3,(H,22,24). The van der Waals surface area contributed by atoms with Crippen molar-refractivity contribution in [1.82, 2.24) is 15.5 Å². The van der Waals surface area contributed by atoms with E-state index in [9.17, 15) is 13.2 Å². The van der Waals surface area contributed by atoms with E-state index in [-0.39, 0.29) is 5.91 Å². The van der Waals surface area contributed by atoms with E-state index in [1.54, 1.807) is 0 Å². The van der Waals surface area contributed by atoms with Gasteiger partial charge in [-0.2, -0.15) is 0 Å². The van der Waals surface area contributed by atoms with Crippen molar-refractivity contribution in [2.75, 3.05) is 45.5 Å². The minimum atomic E-state index is -3.44. The van der Waals surface area contributed by atoms with Crippen molar-refractivity contribution in [2.45, 2.75) is 30.4 Å². The highest BCUT2D eigenvalue weighted by Crippen LogP contribution is 2.28. The summed E-state index contributed by atoms with van der Waals surface area (Å²) in [5, 5.41) is 6.11. The second-order valence-electron chi connectivity index (χ2n) is 7.92. The number of benzene rings is 1. The highest BCUT2D eigenvalue weighted by Gasteiger charge is 2.48. The molecule has 1 aromatic carbocycles. The predicted molar refractivity (Wildman–Crippen MR) is 107 cm³/mol. The quantitative estimate of drug-likeness (QED) is 0.718. The van der Waals surface area contributed by atoms with Gasteiger partial charge in [-0.3, -0.25) is 4.79 Å². The minimum Gasteiger partial charge on any atom is -0.354 e. The number of piperidine rings is 1. The zero-order valence-corrected chi connectivity index (χ0v) is 16.9. The van der Waals surface area contributed by atoms with Gasteiger partial charge >= 0.3 is 0 Å². The van der Waals surface area contributed by atoms with Gasteiger partial charge in [0.2, 0.25) is 5.91 Å². The normalized spacial score (nSPS) is 23.2. The maximum atomic E-state index is 12.8. The molecule has 2 N–H and O–H groups in total. The van der Waals surface area contributed by atoms with E-state index in [1.165, 1.54) is 11.8 Å². The Hall–Kier alpha value is -1.44. The van der Waals surface area contributed by atoms with Gasteiger partial charge in [0.15, 0.2) is 14.6 Å². The molecule has 150 valence electrons. The predicted octanol–water partition coefficient (Wildman–Crippen LogP) is 0.834. The van der Waals surface area contributed by atoms with Gasteiger partial charge in [-0.15, -0.1) is 0 Å². The molecule has 1 amide bonds. The number of hydrogen-bond acceptors (Lipinski definition) is 5. The van der Waals surface area contributed by atoms with Crippen LogP contribution in [0.5, 0.6) is 0 Å². The van der Waals surface area contributed by atoms with Gasteiger partial charge in [0, 0.05) is 25.9 Å². The van der Waals surface area contributed by atoms with E-state index >= 15 is 0 Å². The molecule has 1 atom stereocenters. The summed E-state index contributed by atoms with van der Waals surface area (Å²) in [6.07, 6.45) is 3.97. The Balaban J connectivity index is 1.48. The third-order valence-electron chi connectivity index (χ3n) is 6.02. The molecule has 1 aromatic rings. The molecule has 0 saturated carbocycles. The minimum absolute atomic E-state index is 0.311. The second kappa shape index (κ2) is 8.71. The van der Waals surface area contributed by atoms with Crippen LogP contribution in [0.15, 0.2) is 30.3 Å². The Morgan fingerprint density at radius 2 is 1.96 bits per heavy atom. The summed E-state index contributed by atoms with van der Waals surface area (Å²) >= 11 is 0. The molecule has 7 heteroatoms. The Kier molecular flexibility index (Phi) is 6.55. The summed E-state index contributed by atoms with van der Waals surface area (Å²) in [5.41, 5.74) is 1.34. The van der Waals surface area contributed by atoms with Gasteiger partial charge in [0.25, 0.3) is 0 Å². The lowest BCUT2D eigenvalue weighted by Gasteiger charge is -2.34. The zero-order valence-electron chi connectivity index (χ0n) is 16.1. The van der Waals surface area contributed by atoms with Gasteiger partial charge in [0.1, 0.15) is 0 Å². The first-order chi connectivity index (χ1) is 12.9. The van der Waals surface area contributed by atoms with Crippen LogP contribution in [0.4, 0.5) is 0 Å². The maximum absolute atomic E-state index is 12.8. The van der Waals surface area contributed by atoms with E-state index in [0.29, 0.717) is 38.4 Å². The lowest BCUT2D eigenvalue weighted by molar-refractivity contribution is -0.124. The fourth-order valence-electron chi connectivity index (χ4n) is 4.21. The molecular weight excluding hydrogens is 362 g/mol. The van der Waals surface area contributed by atoms with Gasteiger partial charge in [-0.05, 0) is 56.8 Å². The van der Waals surface area contributed by atoms with Crippen LogP contribution in [0.3, 0.4) is 0 Å². The fraction of sp³-hybridized carbons (Fsp3) is 0.650. The third-order valence-corrected chi connectivity index (χ3v) is 8.03. The van der Waals surface area contributed by atoms with E-state index in [4.69, 9.17) is 0 Å². The molecule has 0 aromatic heterocycles. The molecule has 2 heterocycles. The van der Waals surface area contributed by atoms with Crippen LogP contribution in [0.2, 0.25) is 0 Å². The maximum Gasteiger partial charge on any atom is 0.241 e. The molecule has 2 aliphatic rings. The molecule has 0 bridgehead atoms. The van der Waals surface area contributed by atoms with Crippen LogP contribution in [0.25, 0.3) is 0 Å². The second-order valence-corrected chi connectivity index (χ2v) is 10.2. The Morgan fingerprint density at radius 1 is 1.26 bits per heavy atom. The molecule has 2 saturated heterocycles. The summed E-state index contributed by atoms with van der Waals surface area (Å²) in [7, 11) is -3.44. The molecule has 2 fully saturated rings. The molecule has 6 nitrogen and oxygen atoms in total. The number of nitrogens with one attached hydrogen (secondary N) is 2. The van der Waals surface area contributed by atoms with E-state index in [1.807, 2.05) is 6.07 Å². The van der Waals surface area contributed by atoms with Crippen molar-refractivity contribution < 1.29 is 13.2 Å². The largest absolute Gasteiger partial charge is 0.354 e. The molecule has 27 heavy (non-hydrogen) atoms. The molecule has 0 aliphatic carbocycles. The Bertz CT molecular complexity index is 730. The average Bonchev–Trinajstić information content (AvgIpc) is 3.13. The summed E-state index contributed by atoms with van der Waals surface area (Å²) in [5.74, 6) is 0.0808. The van der Waals surface area contributed by atoms with E-state index in [0.717, 1.165) is 32.5 Å². The van der Waals surface area contributed by atoms with Gasteiger partial charge in [0.05, 0.1) is 0 Å². The monoisotopic (exact) mass is 393 g/mol. The lowest BCUT2D eigenvalue weighted by Crippen LogP contribution is -2.57. The number of nitrogens with zero attached hydrogens (tertiary/aromatic N) is 1. The highest BCUT2D eigenvalue weighted by atomic mass is 32.2. The number of hydrogen-bond donors (Lipinski definition) is 2. The van der Waals surface area contributed by atoms with E-state index < -0.39 is 14.6 Å². The van der Waals surface area contributed by atoms with Gasteiger partial charge in [-0.1, -0.05) is 30.3 Å². The van der Waals surface area contributed by atoms with Crippen LogP contribution >= 0.6 is 0 Å². The van der Waals surface area contributed by atoms with Crippen LogP contribution in [0, 0.1) is 5.92 Å². The van der Waals surface area contributed by atoms with Crippen LogP contribution in [-0.4, -0.2) is 69.5 Å². The molecule has 3 rings (SSSR count). The summed E-state index contributed by atoms with van der Waals surface area (Å²) in [4.78, 5) is 15.2. The number of sulfone groups is 1. The van der Waals surface area contributed by atoms with Crippen LogP contribution in [0.1, 0.15) is 24.8 Å². The van der Waals surface area contributed by atoms with Crippen molar-refractivity contribution in [1.29, 1.82) is 0 Å². The lowest BCUT2D eigenvalue weighted by atomic mass is 9.95. The number of amides is 1. The van der Waals surface area contributed by atoms with Crippen molar-refractivity contribution in [3.05, 3.63) is 35.9 Å².